The van der Waals surface area contributed by atoms with Crippen LogP contribution < -0.4 is 10.6 Å². The third-order valence-electron chi connectivity index (χ3n) is 3.17. The number of hydrogen-bond acceptors (Lipinski definition) is 4. The summed E-state index contributed by atoms with van der Waals surface area (Å²) in [5.74, 6) is -0.511. The average Bonchev–Trinajstić information content (AvgIpc) is 2.89. The molecule has 2 heterocycles. The maximum absolute atomic E-state index is 12.0. The van der Waals surface area contributed by atoms with E-state index in [4.69, 9.17) is 11.6 Å². The summed E-state index contributed by atoms with van der Waals surface area (Å²) in [6.07, 6.45) is 1.44. The number of aromatic nitrogens is 3. The predicted octanol–water partition coefficient (Wildman–Crippen LogP) is 1.53. The van der Waals surface area contributed by atoms with E-state index in [9.17, 15) is 9.59 Å². The van der Waals surface area contributed by atoms with Gasteiger partial charge in [0.15, 0.2) is 0 Å². The van der Waals surface area contributed by atoms with Gasteiger partial charge in [-0.15, -0.1) is 0 Å². The number of hydrogen-bond donors (Lipinski definition) is 2. The standard InChI is InChI=1S/C13H12ClN5O2/c14-9-1-3-10(4-2-9)17-11(20)5-8-6-19-13(15-7-16-19)18-12(8)21/h1-4,7-8H,5-6H2,(H,17,20)(H,15,16,18,21)/t8-/m0/s1. The van der Waals surface area contributed by atoms with Crippen LogP contribution in [0.4, 0.5) is 11.6 Å². The van der Waals surface area contributed by atoms with Crippen molar-refractivity contribution in [2.24, 2.45) is 5.92 Å². The maximum Gasteiger partial charge on any atom is 0.232 e. The van der Waals surface area contributed by atoms with Crippen LogP contribution in [0.15, 0.2) is 30.6 Å². The van der Waals surface area contributed by atoms with Gasteiger partial charge in [-0.2, -0.15) is 10.1 Å². The molecule has 2 amide bonds. The van der Waals surface area contributed by atoms with Crippen molar-refractivity contribution in [1.82, 2.24) is 14.8 Å². The van der Waals surface area contributed by atoms with Gasteiger partial charge < -0.3 is 5.32 Å². The van der Waals surface area contributed by atoms with Gasteiger partial charge in [-0.05, 0) is 24.3 Å². The summed E-state index contributed by atoms with van der Waals surface area (Å²) in [5.41, 5.74) is 0.641. The molecule has 3 rings (SSSR count). The highest BCUT2D eigenvalue weighted by atomic mass is 35.5. The molecule has 0 saturated heterocycles. The zero-order valence-corrected chi connectivity index (χ0v) is 11.7. The summed E-state index contributed by atoms with van der Waals surface area (Å²) in [5, 5.41) is 9.93. The number of halogens is 1. The lowest BCUT2D eigenvalue weighted by atomic mass is 10.0. The molecule has 0 bridgehead atoms. The van der Waals surface area contributed by atoms with Crippen LogP contribution in [-0.2, 0) is 16.1 Å². The van der Waals surface area contributed by atoms with E-state index >= 15 is 0 Å². The highest BCUT2D eigenvalue weighted by Crippen LogP contribution is 2.19. The normalized spacial score (nSPS) is 17.0. The van der Waals surface area contributed by atoms with Crippen molar-refractivity contribution >= 4 is 35.1 Å². The molecule has 0 radical (unpaired) electrons. The first-order valence-corrected chi connectivity index (χ1v) is 6.74. The Bertz CT molecular complexity index is 682. The first kappa shape index (κ1) is 13.6. The summed E-state index contributed by atoms with van der Waals surface area (Å²) in [4.78, 5) is 27.8. The Kier molecular flexibility index (Phi) is 3.57. The van der Waals surface area contributed by atoms with E-state index < -0.39 is 5.92 Å². The number of nitrogens with zero attached hydrogens (tertiary/aromatic N) is 3. The molecule has 2 aromatic rings. The minimum Gasteiger partial charge on any atom is -0.326 e. The smallest absolute Gasteiger partial charge is 0.232 e. The largest absolute Gasteiger partial charge is 0.326 e. The van der Waals surface area contributed by atoms with Gasteiger partial charge in [0.2, 0.25) is 17.8 Å². The zero-order chi connectivity index (χ0) is 14.8. The van der Waals surface area contributed by atoms with Crippen LogP contribution in [0.5, 0.6) is 0 Å². The molecule has 0 saturated carbocycles. The van der Waals surface area contributed by atoms with Gasteiger partial charge in [0.05, 0.1) is 12.5 Å². The van der Waals surface area contributed by atoms with Crippen LogP contribution in [0.3, 0.4) is 0 Å². The third-order valence-corrected chi connectivity index (χ3v) is 3.43. The molecule has 0 fully saturated rings. The quantitative estimate of drug-likeness (QED) is 0.900. The second-order valence-corrected chi connectivity index (χ2v) is 5.15. The van der Waals surface area contributed by atoms with Gasteiger partial charge >= 0.3 is 0 Å². The summed E-state index contributed by atoms with van der Waals surface area (Å²) in [7, 11) is 0. The summed E-state index contributed by atoms with van der Waals surface area (Å²) in [6, 6.07) is 6.78. The Morgan fingerprint density at radius 3 is 2.95 bits per heavy atom. The lowest BCUT2D eigenvalue weighted by Crippen LogP contribution is -2.36. The average molecular weight is 306 g/mol. The molecule has 1 aliphatic rings. The molecular weight excluding hydrogens is 294 g/mol. The van der Waals surface area contributed by atoms with Gasteiger partial charge in [-0.1, -0.05) is 11.6 Å². The second kappa shape index (κ2) is 5.53. The van der Waals surface area contributed by atoms with Crippen molar-refractivity contribution in [3.63, 3.8) is 0 Å². The van der Waals surface area contributed by atoms with Crippen LogP contribution in [0.25, 0.3) is 0 Å². The summed E-state index contributed by atoms with van der Waals surface area (Å²) >= 11 is 5.78. The number of rotatable bonds is 3. The van der Waals surface area contributed by atoms with E-state index in [-0.39, 0.29) is 18.2 Å². The number of carbonyl (C=O) groups excluding carboxylic acids is 2. The number of benzene rings is 1. The molecule has 1 atom stereocenters. The Morgan fingerprint density at radius 1 is 1.43 bits per heavy atom. The maximum atomic E-state index is 12.0. The van der Waals surface area contributed by atoms with E-state index in [0.717, 1.165) is 0 Å². The van der Waals surface area contributed by atoms with Gasteiger partial charge in [-0.3, -0.25) is 14.9 Å². The number of anilines is 2. The fraction of sp³-hybridized carbons (Fsp3) is 0.231. The van der Waals surface area contributed by atoms with E-state index in [2.05, 4.69) is 20.7 Å². The Morgan fingerprint density at radius 2 is 2.19 bits per heavy atom. The number of fused-ring (bicyclic) bond motifs is 1. The molecule has 0 spiro atoms. The van der Waals surface area contributed by atoms with Crippen molar-refractivity contribution in [2.75, 3.05) is 10.6 Å². The predicted molar refractivity (Wildman–Crippen MR) is 76.8 cm³/mol. The van der Waals surface area contributed by atoms with E-state index in [1.54, 1.807) is 28.9 Å². The van der Waals surface area contributed by atoms with Crippen LogP contribution >= 0.6 is 11.6 Å². The number of nitrogens with one attached hydrogen (secondary N) is 2. The fourth-order valence-electron chi connectivity index (χ4n) is 2.12. The van der Waals surface area contributed by atoms with Crippen LogP contribution in [0, 0.1) is 5.92 Å². The first-order chi connectivity index (χ1) is 10.1. The van der Waals surface area contributed by atoms with Gasteiger partial charge in [0.1, 0.15) is 6.33 Å². The second-order valence-electron chi connectivity index (χ2n) is 4.71. The minimum atomic E-state index is -0.466. The zero-order valence-electron chi connectivity index (χ0n) is 10.9. The third kappa shape index (κ3) is 3.03. The van der Waals surface area contributed by atoms with Gasteiger partial charge in [0.25, 0.3) is 0 Å². The Labute approximate surface area is 125 Å². The Balaban J connectivity index is 1.62. The van der Waals surface area contributed by atoms with Gasteiger partial charge in [-0.25, -0.2) is 4.68 Å². The molecule has 7 nitrogen and oxygen atoms in total. The van der Waals surface area contributed by atoms with E-state index in [0.29, 0.717) is 23.2 Å². The molecule has 1 aliphatic heterocycles. The molecule has 0 aliphatic carbocycles. The fourth-order valence-corrected chi connectivity index (χ4v) is 2.25. The topological polar surface area (TPSA) is 88.9 Å². The van der Waals surface area contributed by atoms with E-state index in [1.165, 1.54) is 6.33 Å². The van der Waals surface area contributed by atoms with Gasteiger partial charge in [0, 0.05) is 17.1 Å². The minimum absolute atomic E-state index is 0.0771. The lowest BCUT2D eigenvalue weighted by molar-refractivity contribution is -0.125. The monoisotopic (exact) mass is 305 g/mol. The summed E-state index contributed by atoms with van der Waals surface area (Å²) in [6.45, 7) is 0.342. The van der Waals surface area contributed by atoms with Crippen molar-refractivity contribution in [2.45, 2.75) is 13.0 Å². The summed E-state index contributed by atoms with van der Waals surface area (Å²) < 4.78 is 1.57. The molecule has 2 N–H and O–H groups in total. The highest BCUT2D eigenvalue weighted by molar-refractivity contribution is 6.30. The number of amides is 2. The van der Waals surface area contributed by atoms with Crippen LogP contribution in [-0.4, -0.2) is 26.6 Å². The molecule has 108 valence electrons. The van der Waals surface area contributed by atoms with Crippen LogP contribution in [0.1, 0.15) is 6.42 Å². The molecule has 8 heteroatoms. The SMILES string of the molecule is O=C(C[C@H]1Cn2ncnc2NC1=O)Nc1ccc(Cl)cc1. The molecule has 0 unspecified atom stereocenters. The molecule has 21 heavy (non-hydrogen) atoms. The van der Waals surface area contributed by atoms with Crippen molar-refractivity contribution in [3.05, 3.63) is 35.6 Å². The van der Waals surface area contributed by atoms with Crippen molar-refractivity contribution in [1.29, 1.82) is 0 Å². The highest BCUT2D eigenvalue weighted by Gasteiger charge is 2.29. The molecule has 1 aromatic heterocycles. The van der Waals surface area contributed by atoms with E-state index in [1.807, 2.05) is 0 Å². The lowest BCUT2D eigenvalue weighted by Gasteiger charge is -2.21. The first-order valence-electron chi connectivity index (χ1n) is 6.36. The van der Waals surface area contributed by atoms with Crippen LogP contribution in [0.2, 0.25) is 5.02 Å². The Hall–Kier alpha value is -2.41. The molecule has 1 aromatic carbocycles. The van der Waals surface area contributed by atoms with Crippen molar-refractivity contribution < 1.29 is 9.59 Å². The molecular formula is C13H12ClN5O2. The number of carbonyl (C=O) groups is 2. The van der Waals surface area contributed by atoms with Crippen molar-refractivity contribution in [3.8, 4) is 0 Å².